The molecule has 1 unspecified atom stereocenters. The van der Waals surface area contributed by atoms with Gasteiger partial charge in [-0.25, -0.2) is 4.79 Å². The molecule has 2 aliphatic rings. The van der Waals surface area contributed by atoms with Gasteiger partial charge in [0.1, 0.15) is 0 Å². The molecule has 0 aliphatic carbocycles. The van der Waals surface area contributed by atoms with Crippen molar-refractivity contribution in [2.75, 3.05) is 44.6 Å². The zero-order chi connectivity index (χ0) is 15.5. The van der Waals surface area contributed by atoms with Gasteiger partial charge in [0, 0.05) is 56.0 Å². The smallest absolute Gasteiger partial charge is 0.321 e. The first kappa shape index (κ1) is 15.6. The van der Waals surface area contributed by atoms with Crippen LogP contribution in [0.15, 0.2) is 18.2 Å². The van der Waals surface area contributed by atoms with E-state index in [-0.39, 0.29) is 6.03 Å². The van der Waals surface area contributed by atoms with E-state index in [1.807, 2.05) is 24.0 Å². The van der Waals surface area contributed by atoms with Crippen molar-refractivity contribution in [3.63, 3.8) is 0 Å². The Morgan fingerprint density at radius 3 is 2.82 bits per heavy atom. The molecule has 1 aromatic rings. The maximum atomic E-state index is 12.4. The third-order valence-corrected chi connectivity index (χ3v) is 4.95. The third-order valence-electron chi connectivity index (χ3n) is 4.54. The van der Waals surface area contributed by atoms with Gasteiger partial charge in [-0.1, -0.05) is 17.7 Å². The molecule has 0 bridgehead atoms. The Morgan fingerprint density at radius 1 is 1.32 bits per heavy atom. The highest BCUT2D eigenvalue weighted by Crippen LogP contribution is 2.21. The van der Waals surface area contributed by atoms with Gasteiger partial charge in [0.25, 0.3) is 0 Å². The number of hydrogen-bond donors (Lipinski definition) is 2. The lowest BCUT2D eigenvalue weighted by Gasteiger charge is -2.32. The summed E-state index contributed by atoms with van der Waals surface area (Å²) in [6, 6.07) is 6.08. The Morgan fingerprint density at radius 2 is 2.09 bits per heavy atom. The quantitative estimate of drug-likeness (QED) is 0.877. The minimum Gasteiger partial charge on any atom is -0.323 e. The first-order valence-electron chi connectivity index (χ1n) is 7.90. The summed E-state index contributed by atoms with van der Waals surface area (Å²) in [6.45, 7) is 7.83. The zero-order valence-electron chi connectivity index (χ0n) is 12.9. The van der Waals surface area contributed by atoms with Crippen molar-refractivity contribution in [1.29, 1.82) is 0 Å². The maximum Gasteiger partial charge on any atom is 0.321 e. The lowest BCUT2D eigenvalue weighted by atomic mass is 10.2. The average Bonchev–Trinajstić information content (AvgIpc) is 3.02. The molecule has 0 spiro atoms. The normalized spacial score (nSPS) is 22.8. The molecule has 2 saturated heterocycles. The second kappa shape index (κ2) is 6.86. The van der Waals surface area contributed by atoms with Gasteiger partial charge >= 0.3 is 6.03 Å². The average molecular weight is 323 g/mol. The topological polar surface area (TPSA) is 47.6 Å². The van der Waals surface area contributed by atoms with Crippen LogP contribution >= 0.6 is 11.6 Å². The van der Waals surface area contributed by atoms with Crippen LogP contribution in [0.1, 0.15) is 12.0 Å². The molecule has 22 heavy (non-hydrogen) atoms. The van der Waals surface area contributed by atoms with E-state index in [2.05, 4.69) is 15.5 Å². The van der Waals surface area contributed by atoms with Crippen LogP contribution in [0.3, 0.4) is 0 Å². The summed E-state index contributed by atoms with van der Waals surface area (Å²) >= 11 is 6.10. The van der Waals surface area contributed by atoms with Gasteiger partial charge in [-0.2, -0.15) is 0 Å². The summed E-state index contributed by atoms with van der Waals surface area (Å²) in [4.78, 5) is 16.8. The van der Waals surface area contributed by atoms with E-state index >= 15 is 0 Å². The van der Waals surface area contributed by atoms with E-state index in [9.17, 15) is 4.79 Å². The van der Waals surface area contributed by atoms with Gasteiger partial charge in [-0.05, 0) is 31.0 Å². The second-order valence-corrected chi connectivity index (χ2v) is 6.48. The summed E-state index contributed by atoms with van der Waals surface area (Å²) in [7, 11) is 0. The van der Waals surface area contributed by atoms with Crippen LogP contribution in [-0.2, 0) is 0 Å². The molecule has 2 heterocycles. The number of amides is 2. The standard InChI is InChI=1S/C16H23ClN4O/c1-12-2-3-13(10-15(12)17)19-16(22)21-7-4-14(11-21)20-8-5-18-6-9-20/h2-3,10,14,18H,4-9,11H2,1H3,(H,19,22). The highest BCUT2D eigenvalue weighted by molar-refractivity contribution is 6.31. The molecule has 2 N–H and O–H groups in total. The monoisotopic (exact) mass is 322 g/mol. The summed E-state index contributed by atoms with van der Waals surface area (Å²) < 4.78 is 0. The van der Waals surface area contributed by atoms with Gasteiger partial charge in [0.15, 0.2) is 0 Å². The van der Waals surface area contributed by atoms with Crippen LogP contribution in [0, 0.1) is 6.92 Å². The molecule has 2 amide bonds. The summed E-state index contributed by atoms with van der Waals surface area (Å²) in [5.74, 6) is 0. The maximum absolute atomic E-state index is 12.4. The number of halogens is 1. The van der Waals surface area contributed by atoms with E-state index in [4.69, 9.17) is 11.6 Å². The van der Waals surface area contributed by atoms with Crippen molar-refractivity contribution in [2.45, 2.75) is 19.4 Å². The Bertz CT molecular complexity index is 545. The van der Waals surface area contributed by atoms with E-state index < -0.39 is 0 Å². The zero-order valence-corrected chi connectivity index (χ0v) is 13.7. The number of urea groups is 1. The fourth-order valence-corrected chi connectivity index (χ4v) is 3.33. The van der Waals surface area contributed by atoms with E-state index in [1.165, 1.54) is 0 Å². The number of likely N-dealkylation sites (tertiary alicyclic amines) is 1. The SMILES string of the molecule is Cc1ccc(NC(=O)N2CCC(N3CCNCC3)C2)cc1Cl. The minimum atomic E-state index is -0.0300. The fraction of sp³-hybridized carbons (Fsp3) is 0.562. The van der Waals surface area contributed by atoms with E-state index in [1.54, 1.807) is 6.07 Å². The van der Waals surface area contributed by atoms with Gasteiger partial charge in [0.2, 0.25) is 0 Å². The first-order valence-corrected chi connectivity index (χ1v) is 8.28. The van der Waals surface area contributed by atoms with Crippen molar-refractivity contribution in [1.82, 2.24) is 15.1 Å². The number of piperazine rings is 1. The molecule has 6 heteroatoms. The Hall–Kier alpha value is -1.30. The van der Waals surface area contributed by atoms with Crippen molar-refractivity contribution >= 4 is 23.3 Å². The van der Waals surface area contributed by atoms with Crippen LogP contribution in [-0.4, -0.2) is 61.1 Å². The molecule has 0 radical (unpaired) electrons. The van der Waals surface area contributed by atoms with Crippen LogP contribution < -0.4 is 10.6 Å². The molecular weight excluding hydrogens is 300 g/mol. The Kier molecular flexibility index (Phi) is 4.86. The Labute approximate surface area is 136 Å². The van der Waals surface area contributed by atoms with E-state index in [0.29, 0.717) is 11.1 Å². The molecule has 5 nitrogen and oxygen atoms in total. The minimum absolute atomic E-state index is 0.0300. The highest BCUT2D eigenvalue weighted by atomic mass is 35.5. The number of nitrogens with zero attached hydrogens (tertiary/aromatic N) is 2. The molecule has 120 valence electrons. The molecule has 1 aromatic carbocycles. The fourth-order valence-electron chi connectivity index (χ4n) is 3.14. The number of aryl methyl sites for hydroxylation is 1. The van der Waals surface area contributed by atoms with Gasteiger partial charge in [0.05, 0.1) is 0 Å². The van der Waals surface area contributed by atoms with Crippen molar-refractivity contribution in [3.8, 4) is 0 Å². The van der Waals surface area contributed by atoms with Crippen LogP contribution in [0.25, 0.3) is 0 Å². The largest absolute Gasteiger partial charge is 0.323 e. The highest BCUT2D eigenvalue weighted by Gasteiger charge is 2.30. The number of anilines is 1. The van der Waals surface area contributed by atoms with Crippen LogP contribution in [0.4, 0.5) is 10.5 Å². The van der Waals surface area contributed by atoms with Gasteiger partial charge in [-0.15, -0.1) is 0 Å². The summed E-state index contributed by atoms with van der Waals surface area (Å²) in [5.41, 5.74) is 1.77. The van der Waals surface area contributed by atoms with Crippen molar-refractivity contribution in [3.05, 3.63) is 28.8 Å². The number of carbonyl (C=O) groups excluding carboxylic acids is 1. The summed E-state index contributed by atoms with van der Waals surface area (Å²) in [5, 5.41) is 6.99. The molecule has 2 aliphatic heterocycles. The third kappa shape index (κ3) is 3.54. The number of benzene rings is 1. The molecular formula is C16H23ClN4O. The van der Waals surface area contributed by atoms with Gasteiger partial charge < -0.3 is 15.5 Å². The predicted octanol–water partition coefficient (Wildman–Crippen LogP) is 2.16. The number of carbonyl (C=O) groups is 1. The van der Waals surface area contributed by atoms with Crippen molar-refractivity contribution in [2.24, 2.45) is 0 Å². The second-order valence-electron chi connectivity index (χ2n) is 6.07. The molecule has 0 saturated carbocycles. The lowest BCUT2D eigenvalue weighted by Crippen LogP contribution is -2.49. The van der Waals surface area contributed by atoms with Gasteiger partial charge in [-0.3, -0.25) is 4.90 Å². The molecule has 3 rings (SSSR count). The number of nitrogens with one attached hydrogen (secondary N) is 2. The lowest BCUT2D eigenvalue weighted by molar-refractivity contribution is 0.172. The predicted molar refractivity (Wildman–Crippen MR) is 89.6 cm³/mol. The molecule has 2 fully saturated rings. The number of hydrogen-bond acceptors (Lipinski definition) is 3. The van der Waals surface area contributed by atoms with Crippen molar-refractivity contribution < 1.29 is 4.79 Å². The van der Waals surface area contributed by atoms with Crippen LogP contribution in [0.2, 0.25) is 5.02 Å². The first-order chi connectivity index (χ1) is 10.6. The number of rotatable bonds is 2. The molecule has 1 atom stereocenters. The Balaban J connectivity index is 1.55. The summed E-state index contributed by atoms with van der Waals surface area (Å²) in [6.07, 6.45) is 1.06. The molecule has 0 aromatic heterocycles. The van der Waals surface area contributed by atoms with E-state index in [0.717, 1.165) is 56.9 Å². The van der Waals surface area contributed by atoms with Crippen LogP contribution in [0.5, 0.6) is 0 Å².